The second-order valence-corrected chi connectivity index (χ2v) is 5.84. The third kappa shape index (κ3) is 1.26. The molecule has 0 aromatic heterocycles. The van der Waals surface area contributed by atoms with E-state index in [9.17, 15) is 0 Å². The monoisotopic (exact) mass is 250 g/mol. The van der Waals surface area contributed by atoms with Crippen molar-refractivity contribution >= 4 is 11.4 Å². The van der Waals surface area contributed by atoms with Gasteiger partial charge in [-0.05, 0) is 60.1 Å². The van der Waals surface area contributed by atoms with Crippen molar-refractivity contribution in [1.29, 1.82) is 0 Å². The van der Waals surface area contributed by atoms with E-state index < -0.39 is 0 Å². The Morgan fingerprint density at radius 2 is 1.21 bits per heavy atom. The molecule has 1 spiro atoms. The minimum Gasteiger partial charge on any atom is -0.398 e. The number of aryl methyl sites for hydroxylation is 2. The van der Waals surface area contributed by atoms with Gasteiger partial charge in [-0.25, -0.2) is 0 Å². The van der Waals surface area contributed by atoms with E-state index >= 15 is 0 Å². The van der Waals surface area contributed by atoms with E-state index in [1.807, 2.05) is 12.1 Å². The van der Waals surface area contributed by atoms with Crippen LogP contribution >= 0.6 is 0 Å². The standard InChI is InChI=1S/C17H18N2/c18-13-5-1-3-11-7-9-17(15(11)13)10-8-12-4-2-6-14(19)16(12)17/h1-6H,7-10,18-19H2. The van der Waals surface area contributed by atoms with Crippen molar-refractivity contribution in [3.8, 4) is 0 Å². The highest BCUT2D eigenvalue weighted by molar-refractivity contribution is 5.69. The number of rotatable bonds is 0. The van der Waals surface area contributed by atoms with Crippen LogP contribution in [0.1, 0.15) is 35.1 Å². The third-order valence-corrected chi connectivity index (χ3v) is 4.97. The topological polar surface area (TPSA) is 52.0 Å². The third-order valence-electron chi connectivity index (χ3n) is 4.97. The molecule has 0 bridgehead atoms. The fraction of sp³-hybridized carbons (Fsp3) is 0.294. The van der Waals surface area contributed by atoms with Crippen molar-refractivity contribution < 1.29 is 0 Å². The molecule has 0 saturated carbocycles. The Morgan fingerprint density at radius 1 is 0.737 bits per heavy atom. The molecule has 0 amide bonds. The molecule has 19 heavy (non-hydrogen) atoms. The molecule has 0 fully saturated rings. The van der Waals surface area contributed by atoms with Crippen molar-refractivity contribution in [1.82, 2.24) is 0 Å². The van der Waals surface area contributed by atoms with Crippen molar-refractivity contribution in [2.45, 2.75) is 31.1 Å². The molecule has 0 unspecified atom stereocenters. The lowest BCUT2D eigenvalue weighted by molar-refractivity contribution is 0.510. The highest BCUT2D eigenvalue weighted by Crippen LogP contribution is 2.55. The summed E-state index contributed by atoms with van der Waals surface area (Å²) in [7, 11) is 0. The summed E-state index contributed by atoms with van der Waals surface area (Å²) < 4.78 is 0. The van der Waals surface area contributed by atoms with Crippen LogP contribution in [0.3, 0.4) is 0 Å². The number of hydrogen-bond acceptors (Lipinski definition) is 2. The normalized spacial score (nSPS) is 18.5. The maximum atomic E-state index is 6.29. The van der Waals surface area contributed by atoms with Crippen LogP contribution in [0.5, 0.6) is 0 Å². The Balaban J connectivity index is 2.03. The minimum atomic E-state index is 0.0847. The van der Waals surface area contributed by atoms with Crippen molar-refractivity contribution in [2.24, 2.45) is 0 Å². The molecular formula is C17H18N2. The van der Waals surface area contributed by atoms with E-state index in [0.717, 1.165) is 37.1 Å². The molecule has 0 atom stereocenters. The number of nitrogen functional groups attached to an aromatic ring is 2. The van der Waals surface area contributed by atoms with E-state index in [1.165, 1.54) is 22.3 Å². The van der Waals surface area contributed by atoms with Crippen LogP contribution in [0, 0.1) is 0 Å². The average Bonchev–Trinajstić information content (AvgIpc) is 2.96. The molecule has 4 rings (SSSR count). The van der Waals surface area contributed by atoms with Gasteiger partial charge in [0.15, 0.2) is 0 Å². The molecule has 2 nitrogen and oxygen atoms in total. The Morgan fingerprint density at radius 3 is 1.68 bits per heavy atom. The first-order valence-corrected chi connectivity index (χ1v) is 6.98. The lowest BCUT2D eigenvalue weighted by Crippen LogP contribution is -2.23. The van der Waals surface area contributed by atoms with Gasteiger partial charge in [0.25, 0.3) is 0 Å². The molecule has 96 valence electrons. The Labute approximate surface area is 113 Å². The van der Waals surface area contributed by atoms with Gasteiger partial charge in [-0.15, -0.1) is 0 Å². The molecule has 2 aromatic rings. The van der Waals surface area contributed by atoms with Crippen LogP contribution in [0.2, 0.25) is 0 Å². The van der Waals surface area contributed by atoms with Crippen molar-refractivity contribution in [2.75, 3.05) is 11.5 Å². The highest BCUT2D eigenvalue weighted by Gasteiger charge is 2.46. The Bertz CT molecular complexity index is 613. The summed E-state index contributed by atoms with van der Waals surface area (Å²) in [4.78, 5) is 0. The maximum Gasteiger partial charge on any atom is 0.0358 e. The molecule has 2 aromatic carbocycles. The lowest BCUT2D eigenvalue weighted by Gasteiger charge is -2.29. The summed E-state index contributed by atoms with van der Waals surface area (Å²) in [6.45, 7) is 0. The van der Waals surface area contributed by atoms with Crippen LogP contribution in [0.4, 0.5) is 11.4 Å². The molecule has 0 saturated heterocycles. The predicted octanol–water partition coefficient (Wildman–Crippen LogP) is 3.03. The zero-order chi connectivity index (χ0) is 13.0. The minimum absolute atomic E-state index is 0.0847. The predicted molar refractivity (Wildman–Crippen MR) is 79.1 cm³/mol. The van der Waals surface area contributed by atoms with Crippen LogP contribution in [-0.4, -0.2) is 0 Å². The molecule has 2 aliphatic carbocycles. The second-order valence-electron chi connectivity index (χ2n) is 5.84. The molecular weight excluding hydrogens is 232 g/mol. The van der Waals surface area contributed by atoms with Gasteiger partial charge < -0.3 is 11.5 Å². The molecule has 0 radical (unpaired) electrons. The van der Waals surface area contributed by atoms with Crippen LogP contribution < -0.4 is 11.5 Å². The summed E-state index contributed by atoms with van der Waals surface area (Å²) in [5.41, 5.74) is 20.1. The highest BCUT2D eigenvalue weighted by atomic mass is 14.6. The Kier molecular flexibility index (Phi) is 2.03. The first-order chi connectivity index (χ1) is 9.22. The molecule has 2 aliphatic rings. The number of nitrogens with two attached hydrogens (primary N) is 2. The van der Waals surface area contributed by atoms with Crippen molar-refractivity contribution in [3.05, 3.63) is 58.7 Å². The Hall–Kier alpha value is -1.96. The number of benzene rings is 2. The quantitative estimate of drug-likeness (QED) is 0.706. The van der Waals surface area contributed by atoms with Gasteiger partial charge in [0.05, 0.1) is 0 Å². The maximum absolute atomic E-state index is 6.29. The largest absolute Gasteiger partial charge is 0.398 e. The van der Waals surface area contributed by atoms with E-state index in [4.69, 9.17) is 11.5 Å². The summed E-state index contributed by atoms with van der Waals surface area (Å²) in [6.07, 6.45) is 4.54. The molecule has 0 heterocycles. The van der Waals surface area contributed by atoms with Gasteiger partial charge in [-0.3, -0.25) is 0 Å². The summed E-state index contributed by atoms with van der Waals surface area (Å²) in [6, 6.07) is 12.6. The van der Waals surface area contributed by atoms with E-state index in [2.05, 4.69) is 24.3 Å². The van der Waals surface area contributed by atoms with Crippen LogP contribution in [0.15, 0.2) is 36.4 Å². The first-order valence-electron chi connectivity index (χ1n) is 6.98. The van der Waals surface area contributed by atoms with E-state index in [1.54, 1.807) is 0 Å². The fourth-order valence-electron chi connectivity index (χ4n) is 4.27. The number of anilines is 2. The van der Waals surface area contributed by atoms with Gasteiger partial charge in [-0.2, -0.15) is 0 Å². The first kappa shape index (κ1) is 10.9. The van der Waals surface area contributed by atoms with E-state index in [-0.39, 0.29) is 5.41 Å². The zero-order valence-electron chi connectivity index (χ0n) is 10.9. The average molecular weight is 250 g/mol. The summed E-state index contributed by atoms with van der Waals surface area (Å²) >= 11 is 0. The van der Waals surface area contributed by atoms with Gasteiger partial charge in [0, 0.05) is 16.8 Å². The van der Waals surface area contributed by atoms with Gasteiger partial charge >= 0.3 is 0 Å². The van der Waals surface area contributed by atoms with Gasteiger partial charge in [-0.1, -0.05) is 24.3 Å². The van der Waals surface area contributed by atoms with Gasteiger partial charge in [0.2, 0.25) is 0 Å². The SMILES string of the molecule is Nc1cccc2c1C1(CC2)CCc2cccc(N)c21. The zero-order valence-corrected chi connectivity index (χ0v) is 10.9. The second kappa shape index (κ2) is 3.53. The van der Waals surface area contributed by atoms with Crippen molar-refractivity contribution in [3.63, 3.8) is 0 Å². The van der Waals surface area contributed by atoms with Gasteiger partial charge in [0.1, 0.15) is 0 Å². The fourth-order valence-corrected chi connectivity index (χ4v) is 4.27. The van der Waals surface area contributed by atoms with Crippen LogP contribution in [0.25, 0.3) is 0 Å². The van der Waals surface area contributed by atoms with E-state index in [0.29, 0.717) is 0 Å². The summed E-state index contributed by atoms with van der Waals surface area (Å²) in [5, 5.41) is 0. The lowest BCUT2D eigenvalue weighted by atomic mass is 9.75. The molecule has 4 N–H and O–H groups in total. The van der Waals surface area contributed by atoms with Crippen LogP contribution in [-0.2, 0) is 18.3 Å². The molecule has 0 aliphatic heterocycles. The summed E-state index contributed by atoms with van der Waals surface area (Å²) in [5.74, 6) is 0. The molecule has 2 heteroatoms. The number of hydrogen-bond donors (Lipinski definition) is 2. The smallest absolute Gasteiger partial charge is 0.0358 e. The number of fused-ring (bicyclic) bond motifs is 4.